The highest BCUT2D eigenvalue weighted by atomic mass is 79.9. The smallest absolute Gasteiger partial charge is 0.240 e. The van der Waals surface area contributed by atoms with Crippen molar-refractivity contribution in [3.63, 3.8) is 0 Å². The number of carbonyl (C=O) groups excluding carboxylic acids is 1. The molecule has 2 heterocycles. The summed E-state index contributed by atoms with van der Waals surface area (Å²) in [6.45, 7) is 1.87. The van der Waals surface area contributed by atoms with Gasteiger partial charge in [0, 0.05) is 10.2 Å². The Morgan fingerprint density at radius 1 is 1.18 bits per heavy atom. The van der Waals surface area contributed by atoms with Crippen LogP contribution in [0.25, 0.3) is 0 Å². The van der Waals surface area contributed by atoms with Crippen molar-refractivity contribution in [1.82, 2.24) is 14.9 Å². The zero-order valence-electron chi connectivity index (χ0n) is 15.2. The summed E-state index contributed by atoms with van der Waals surface area (Å²) in [5, 5.41) is 11.5. The lowest BCUT2D eigenvalue weighted by atomic mass is 10.0. The Hall–Kier alpha value is -2.52. The molecule has 0 bridgehead atoms. The maximum atomic E-state index is 13.1. The van der Waals surface area contributed by atoms with E-state index in [1.54, 1.807) is 7.11 Å². The molecular weight excluding hydrogens is 442 g/mol. The molecule has 7 nitrogen and oxygen atoms in total. The van der Waals surface area contributed by atoms with Crippen LogP contribution < -0.4 is 15.5 Å². The summed E-state index contributed by atoms with van der Waals surface area (Å²) in [5.74, 6) is 1.41. The van der Waals surface area contributed by atoms with Crippen LogP contribution in [0.1, 0.15) is 17.4 Å². The van der Waals surface area contributed by atoms with E-state index in [1.165, 1.54) is 11.8 Å². The minimum Gasteiger partial charge on any atom is -0.497 e. The summed E-state index contributed by atoms with van der Waals surface area (Å²) in [4.78, 5) is 13.1. The number of anilines is 1. The monoisotopic (exact) mass is 459 g/mol. The molecule has 1 aromatic heterocycles. The summed E-state index contributed by atoms with van der Waals surface area (Å²) in [6, 6.07) is 14.9. The Balaban J connectivity index is 1.64. The van der Waals surface area contributed by atoms with Crippen molar-refractivity contribution in [2.75, 3.05) is 17.9 Å². The van der Waals surface area contributed by atoms with E-state index in [9.17, 15) is 4.79 Å². The third kappa shape index (κ3) is 3.72. The van der Waals surface area contributed by atoms with Gasteiger partial charge in [-0.1, -0.05) is 39.8 Å². The van der Waals surface area contributed by atoms with Crippen LogP contribution >= 0.6 is 27.7 Å². The van der Waals surface area contributed by atoms with Gasteiger partial charge in [0.2, 0.25) is 11.1 Å². The molecule has 2 aromatic carbocycles. The summed E-state index contributed by atoms with van der Waals surface area (Å²) < 4.78 is 8.03. The number of methoxy groups -OCH3 is 1. The zero-order chi connectivity index (χ0) is 19.7. The first kappa shape index (κ1) is 18.8. The number of ether oxygens (including phenoxy) is 1. The number of benzene rings is 2. The minimum atomic E-state index is -0.423. The number of carbonyl (C=O) groups is 1. The molecule has 0 unspecified atom stereocenters. The van der Waals surface area contributed by atoms with Crippen molar-refractivity contribution in [2.24, 2.45) is 0 Å². The number of aryl methyl sites for hydroxylation is 1. The van der Waals surface area contributed by atoms with Crippen molar-refractivity contribution < 1.29 is 9.53 Å². The molecule has 0 saturated carbocycles. The quantitative estimate of drug-likeness (QED) is 0.618. The maximum Gasteiger partial charge on any atom is 0.240 e. The van der Waals surface area contributed by atoms with Gasteiger partial charge >= 0.3 is 0 Å². The second-order valence-corrected chi connectivity index (χ2v) is 8.30. The Kier molecular flexibility index (Phi) is 5.27. The van der Waals surface area contributed by atoms with E-state index in [0.29, 0.717) is 5.16 Å². The molecule has 28 heavy (non-hydrogen) atoms. The van der Waals surface area contributed by atoms with Gasteiger partial charge in [0.05, 0.1) is 13.2 Å². The van der Waals surface area contributed by atoms with Crippen molar-refractivity contribution in [3.8, 4) is 5.75 Å². The Bertz CT molecular complexity index is 991. The Morgan fingerprint density at radius 3 is 2.57 bits per heavy atom. The zero-order valence-corrected chi connectivity index (χ0v) is 17.6. The fourth-order valence-corrected chi connectivity index (χ4v) is 4.36. The van der Waals surface area contributed by atoms with Gasteiger partial charge < -0.3 is 15.5 Å². The third-order valence-corrected chi connectivity index (χ3v) is 6.19. The highest BCUT2D eigenvalue weighted by Crippen LogP contribution is 2.37. The number of nitrogens with one attached hydrogen (secondary N) is 2. The fourth-order valence-electron chi connectivity index (χ4n) is 2.97. The van der Waals surface area contributed by atoms with E-state index in [4.69, 9.17) is 4.74 Å². The van der Waals surface area contributed by atoms with Crippen LogP contribution in [0.2, 0.25) is 0 Å². The predicted molar refractivity (Wildman–Crippen MR) is 112 cm³/mol. The molecule has 2 atom stereocenters. The Labute approximate surface area is 175 Å². The molecule has 4 rings (SSSR count). The normalized spacial score (nSPS) is 18.1. The van der Waals surface area contributed by atoms with Gasteiger partial charge in [0.15, 0.2) is 0 Å². The van der Waals surface area contributed by atoms with Crippen LogP contribution in [0.3, 0.4) is 0 Å². The van der Waals surface area contributed by atoms with Gasteiger partial charge in [-0.15, -0.1) is 10.2 Å². The molecular formula is C19H18BrN5O2S. The van der Waals surface area contributed by atoms with E-state index < -0.39 is 5.25 Å². The summed E-state index contributed by atoms with van der Waals surface area (Å²) >= 11 is 4.80. The average Bonchev–Trinajstić information content (AvgIpc) is 3.09. The molecule has 0 radical (unpaired) electrons. The molecule has 1 aliphatic rings. The largest absolute Gasteiger partial charge is 0.497 e. The van der Waals surface area contributed by atoms with Crippen LogP contribution in [0.5, 0.6) is 5.75 Å². The second-order valence-electron chi connectivity index (χ2n) is 6.28. The van der Waals surface area contributed by atoms with E-state index >= 15 is 0 Å². The molecule has 0 saturated heterocycles. The number of nitrogens with zero attached hydrogens (tertiary/aromatic N) is 3. The van der Waals surface area contributed by atoms with Crippen LogP contribution in [-0.4, -0.2) is 33.1 Å². The number of thioether (sulfide) groups is 1. The number of fused-ring (bicyclic) bond motifs is 1. The molecule has 3 aromatic rings. The average molecular weight is 460 g/mol. The first-order valence-electron chi connectivity index (χ1n) is 8.61. The number of hydrogen-bond donors (Lipinski definition) is 2. The highest BCUT2D eigenvalue weighted by Gasteiger charge is 2.37. The van der Waals surface area contributed by atoms with E-state index in [-0.39, 0.29) is 11.9 Å². The predicted octanol–water partition coefficient (Wildman–Crippen LogP) is 3.76. The minimum absolute atomic E-state index is 0.104. The van der Waals surface area contributed by atoms with Crippen molar-refractivity contribution in [1.29, 1.82) is 0 Å². The van der Waals surface area contributed by atoms with Crippen molar-refractivity contribution in [2.45, 2.75) is 23.4 Å². The number of hydrogen-bond acceptors (Lipinski definition) is 6. The van der Waals surface area contributed by atoms with Crippen molar-refractivity contribution in [3.05, 3.63) is 64.4 Å². The molecule has 1 aliphatic heterocycles. The molecule has 2 N–H and O–H groups in total. The van der Waals surface area contributed by atoms with Gasteiger partial charge in [0.25, 0.3) is 0 Å². The Morgan fingerprint density at radius 2 is 1.89 bits per heavy atom. The van der Waals surface area contributed by atoms with Crippen LogP contribution in [0.15, 0.2) is 58.2 Å². The van der Waals surface area contributed by atoms with Crippen LogP contribution in [0.4, 0.5) is 5.69 Å². The SMILES string of the molecule is COc1ccc([C@@H]2Nn3c(C)nnc3S[C@@H]2C(=O)Nc2ccc(Br)cc2)cc1. The lowest BCUT2D eigenvalue weighted by Gasteiger charge is -2.32. The molecule has 9 heteroatoms. The van der Waals surface area contributed by atoms with Crippen molar-refractivity contribution >= 4 is 39.3 Å². The standard InChI is InChI=1S/C19H18BrN5O2S/c1-11-22-23-19-25(11)24-16(12-3-9-15(27-2)10-4-12)17(28-19)18(26)21-14-7-5-13(20)6-8-14/h3-10,16-17,24H,1-2H3,(H,21,26)/t16-,17-/m0/s1. The maximum absolute atomic E-state index is 13.1. The van der Waals surface area contributed by atoms with Gasteiger partial charge in [-0.2, -0.15) is 0 Å². The second kappa shape index (κ2) is 7.84. The molecule has 0 spiro atoms. The number of halogens is 1. The van der Waals surface area contributed by atoms with E-state index in [2.05, 4.69) is 36.9 Å². The van der Waals surface area contributed by atoms with Crippen LogP contribution in [-0.2, 0) is 4.79 Å². The summed E-state index contributed by atoms with van der Waals surface area (Å²) in [7, 11) is 1.63. The highest BCUT2D eigenvalue weighted by molar-refractivity contribution is 9.10. The molecule has 0 fully saturated rings. The van der Waals surface area contributed by atoms with Gasteiger partial charge in [-0.05, 0) is 48.9 Å². The number of aromatic nitrogens is 3. The van der Waals surface area contributed by atoms with E-state index in [1.807, 2.05) is 60.1 Å². The van der Waals surface area contributed by atoms with Gasteiger partial charge in [-0.3, -0.25) is 4.79 Å². The van der Waals surface area contributed by atoms with E-state index in [0.717, 1.165) is 27.3 Å². The summed E-state index contributed by atoms with van der Waals surface area (Å²) in [6.07, 6.45) is 0. The number of rotatable bonds is 4. The fraction of sp³-hybridized carbons (Fsp3) is 0.211. The first-order chi connectivity index (χ1) is 13.5. The van der Waals surface area contributed by atoms with Gasteiger partial charge in [-0.25, -0.2) is 4.68 Å². The lowest BCUT2D eigenvalue weighted by Crippen LogP contribution is -2.41. The molecule has 144 valence electrons. The topological polar surface area (TPSA) is 81.1 Å². The number of amides is 1. The lowest BCUT2D eigenvalue weighted by molar-refractivity contribution is -0.116. The van der Waals surface area contributed by atoms with Crippen LogP contribution in [0, 0.1) is 6.92 Å². The van der Waals surface area contributed by atoms with Gasteiger partial charge in [0.1, 0.15) is 16.8 Å². The summed E-state index contributed by atoms with van der Waals surface area (Å²) in [5.41, 5.74) is 5.10. The third-order valence-electron chi connectivity index (χ3n) is 4.44. The molecule has 0 aliphatic carbocycles. The first-order valence-corrected chi connectivity index (χ1v) is 10.3. The molecule has 1 amide bonds.